The fraction of sp³-hybridized carbons (Fsp3) is 0.786. The van der Waals surface area contributed by atoms with E-state index in [-0.39, 0.29) is 0 Å². The van der Waals surface area contributed by atoms with Crippen molar-refractivity contribution in [1.82, 2.24) is 15.1 Å². The van der Waals surface area contributed by atoms with E-state index in [4.69, 9.17) is 0 Å². The lowest BCUT2D eigenvalue weighted by Gasteiger charge is -2.30. The third-order valence-electron chi connectivity index (χ3n) is 3.86. The molecule has 0 aromatic carbocycles. The van der Waals surface area contributed by atoms with Gasteiger partial charge >= 0.3 is 0 Å². The molecular weight excluding hydrogens is 242 g/mol. The molecule has 1 rings (SSSR count). The first-order valence-corrected chi connectivity index (χ1v) is 8.11. The summed E-state index contributed by atoms with van der Waals surface area (Å²) in [6.45, 7) is 8.67. The molecule has 0 unspecified atom stereocenters. The SMILES string of the molecule is CCc1cc(CNCC(CC)(CC)SC)n(C)n1. The average molecular weight is 269 g/mol. The lowest BCUT2D eigenvalue weighted by atomic mass is 10.0. The highest BCUT2D eigenvalue weighted by Crippen LogP contribution is 2.29. The third kappa shape index (κ3) is 3.75. The van der Waals surface area contributed by atoms with Gasteiger partial charge in [-0.15, -0.1) is 0 Å². The highest BCUT2D eigenvalue weighted by Gasteiger charge is 2.24. The van der Waals surface area contributed by atoms with Crippen molar-refractivity contribution in [3.63, 3.8) is 0 Å². The topological polar surface area (TPSA) is 29.9 Å². The van der Waals surface area contributed by atoms with Crippen LogP contribution >= 0.6 is 11.8 Å². The van der Waals surface area contributed by atoms with Gasteiger partial charge in [0.05, 0.1) is 11.4 Å². The molecule has 1 aromatic rings. The van der Waals surface area contributed by atoms with Gasteiger partial charge in [0, 0.05) is 24.9 Å². The number of rotatable bonds is 8. The third-order valence-corrected chi connectivity index (χ3v) is 5.45. The van der Waals surface area contributed by atoms with E-state index in [1.54, 1.807) is 0 Å². The van der Waals surface area contributed by atoms with Crippen LogP contribution in [0.5, 0.6) is 0 Å². The summed E-state index contributed by atoms with van der Waals surface area (Å²) in [5.41, 5.74) is 2.45. The van der Waals surface area contributed by atoms with E-state index >= 15 is 0 Å². The van der Waals surface area contributed by atoms with Gasteiger partial charge in [-0.05, 0) is 31.6 Å². The van der Waals surface area contributed by atoms with Gasteiger partial charge in [-0.25, -0.2) is 0 Å². The van der Waals surface area contributed by atoms with Crippen LogP contribution in [-0.4, -0.2) is 27.3 Å². The van der Waals surface area contributed by atoms with Crippen LogP contribution < -0.4 is 5.32 Å². The molecule has 0 saturated carbocycles. The molecular formula is C14H27N3S. The molecule has 0 aliphatic rings. The summed E-state index contributed by atoms with van der Waals surface area (Å²) >= 11 is 1.98. The predicted molar refractivity (Wildman–Crippen MR) is 81.1 cm³/mol. The van der Waals surface area contributed by atoms with Crippen LogP contribution in [0.15, 0.2) is 6.07 Å². The highest BCUT2D eigenvalue weighted by atomic mass is 32.2. The smallest absolute Gasteiger partial charge is 0.0625 e. The first-order chi connectivity index (χ1) is 8.60. The Morgan fingerprint density at radius 1 is 1.33 bits per heavy atom. The van der Waals surface area contributed by atoms with Crippen LogP contribution in [0, 0.1) is 0 Å². The standard InChI is InChI=1S/C14H27N3S/c1-6-12-9-13(17(4)16-12)10-15-11-14(7-2,8-3)18-5/h9,15H,6-8,10-11H2,1-5H3. The molecule has 0 saturated heterocycles. The van der Waals surface area contributed by atoms with Crippen LogP contribution in [0.3, 0.4) is 0 Å². The van der Waals surface area contributed by atoms with E-state index in [0.717, 1.165) is 19.5 Å². The summed E-state index contributed by atoms with van der Waals surface area (Å²) in [6, 6.07) is 2.20. The lowest BCUT2D eigenvalue weighted by molar-refractivity contribution is 0.487. The normalized spacial score (nSPS) is 12.1. The van der Waals surface area contributed by atoms with Crippen molar-refractivity contribution in [3.05, 3.63) is 17.5 Å². The number of hydrogen-bond acceptors (Lipinski definition) is 3. The minimum Gasteiger partial charge on any atom is -0.310 e. The number of aryl methyl sites for hydroxylation is 2. The molecule has 0 radical (unpaired) electrons. The molecule has 0 atom stereocenters. The van der Waals surface area contributed by atoms with Crippen LogP contribution in [0.25, 0.3) is 0 Å². The molecule has 1 aromatic heterocycles. The molecule has 0 bridgehead atoms. The largest absolute Gasteiger partial charge is 0.310 e. The van der Waals surface area contributed by atoms with Gasteiger partial charge < -0.3 is 5.32 Å². The number of aromatic nitrogens is 2. The maximum atomic E-state index is 4.48. The molecule has 0 spiro atoms. The second kappa shape index (κ2) is 7.19. The van der Waals surface area contributed by atoms with Crippen LogP contribution in [-0.2, 0) is 20.0 Å². The Hall–Kier alpha value is -0.480. The maximum Gasteiger partial charge on any atom is 0.0625 e. The van der Waals surface area contributed by atoms with Crippen molar-refractivity contribution >= 4 is 11.8 Å². The molecule has 0 fully saturated rings. The van der Waals surface area contributed by atoms with E-state index < -0.39 is 0 Å². The number of thioether (sulfide) groups is 1. The summed E-state index contributed by atoms with van der Waals surface area (Å²) in [5, 5.41) is 8.07. The Morgan fingerprint density at radius 3 is 2.44 bits per heavy atom. The van der Waals surface area contributed by atoms with Crippen molar-refractivity contribution in [2.45, 2.75) is 51.3 Å². The first-order valence-electron chi connectivity index (χ1n) is 6.88. The van der Waals surface area contributed by atoms with Crippen LogP contribution in [0.2, 0.25) is 0 Å². The first kappa shape index (κ1) is 15.6. The molecule has 18 heavy (non-hydrogen) atoms. The Balaban J connectivity index is 2.52. The monoisotopic (exact) mass is 269 g/mol. The van der Waals surface area contributed by atoms with E-state index in [1.165, 1.54) is 24.2 Å². The van der Waals surface area contributed by atoms with Crippen molar-refractivity contribution in [2.24, 2.45) is 7.05 Å². The molecule has 0 amide bonds. The lowest BCUT2D eigenvalue weighted by Crippen LogP contribution is -2.36. The number of nitrogens with one attached hydrogen (secondary N) is 1. The van der Waals surface area contributed by atoms with Crippen molar-refractivity contribution in [1.29, 1.82) is 0 Å². The zero-order chi connectivity index (χ0) is 13.6. The maximum absolute atomic E-state index is 4.48. The second-order valence-corrected chi connectivity index (χ2v) is 6.08. The Labute approximate surface area is 116 Å². The van der Waals surface area contributed by atoms with E-state index in [2.05, 4.69) is 43.5 Å². The second-order valence-electron chi connectivity index (χ2n) is 4.80. The van der Waals surface area contributed by atoms with Gasteiger partial charge in [-0.3, -0.25) is 4.68 Å². The van der Waals surface area contributed by atoms with Gasteiger partial charge in [0.25, 0.3) is 0 Å². The molecule has 1 N–H and O–H groups in total. The zero-order valence-electron chi connectivity index (χ0n) is 12.4. The summed E-state index contributed by atoms with van der Waals surface area (Å²) in [6.07, 6.45) is 5.65. The zero-order valence-corrected chi connectivity index (χ0v) is 13.2. The summed E-state index contributed by atoms with van der Waals surface area (Å²) in [4.78, 5) is 0. The van der Waals surface area contributed by atoms with E-state index in [0.29, 0.717) is 4.75 Å². The van der Waals surface area contributed by atoms with E-state index in [1.807, 2.05) is 23.5 Å². The van der Waals surface area contributed by atoms with Crippen LogP contribution in [0.4, 0.5) is 0 Å². The Bertz CT molecular complexity index is 348. The van der Waals surface area contributed by atoms with Crippen molar-refractivity contribution in [3.8, 4) is 0 Å². The van der Waals surface area contributed by atoms with Gasteiger partial charge in [0.15, 0.2) is 0 Å². The van der Waals surface area contributed by atoms with Gasteiger partial charge in [0.1, 0.15) is 0 Å². The molecule has 3 nitrogen and oxygen atoms in total. The fourth-order valence-electron chi connectivity index (χ4n) is 2.19. The van der Waals surface area contributed by atoms with Gasteiger partial charge in [-0.2, -0.15) is 16.9 Å². The van der Waals surface area contributed by atoms with Crippen LogP contribution in [0.1, 0.15) is 45.0 Å². The molecule has 4 heteroatoms. The highest BCUT2D eigenvalue weighted by molar-refractivity contribution is 8.00. The average Bonchev–Trinajstić information content (AvgIpc) is 2.76. The van der Waals surface area contributed by atoms with E-state index in [9.17, 15) is 0 Å². The Morgan fingerprint density at radius 2 is 2.00 bits per heavy atom. The molecule has 0 aliphatic carbocycles. The van der Waals surface area contributed by atoms with Gasteiger partial charge in [0.2, 0.25) is 0 Å². The number of hydrogen-bond donors (Lipinski definition) is 1. The molecule has 104 valence electrons. The number of nitrogens with zero attached hydrogens (tertiary/aromatic N) is 2. The fourth-order valence-corrected chi connectivity index (χ4v) is 3.01. The molecule has 0 aliphatic heterocycles. The Kier molecular flexibility index (Phi) is 6.22. The predicted octanol–water partition coefficient (Wildman–Crippen LogP) is 2.99. The minimum absolute atomic E-state index is 0.381. The van der Waals surface area contributed by atoms with Gasteiger partial charge in [-0.1, -0.05) is 20.8 Å². The summed E-state index contributed by atoms with van der Waals surface area (Å²) in [5.74, 6) is 0. The minimum atomic E-state index is 0.381. The summed E-state index contributed by atoms with van der Waals surface area (Å²) in [7, 11) is 2.03. The van der Waals surface area contributed by atoms with Crippen molar-refractivity contribution in [2.75, 3.05) is 12.8 Å². The molecule has 1 heterocycles. The van der Waals surface area contributed by atoms with Crippen molar-refractivity contribution < 1.29 is 0 Å². The quantitative estimate of drug-likeness (QED) is 0.787. The summed E-state index contributed by atoms with van der Waals surface area (Å²) < 4.78 is 2.37.